The van der Waals surface area contributed by atoms with E-state index in [4.69, 9.17) is 9.84 Å². The van der Waals surface area contributed by atoms with Crippen LogP contribution in [0.5, 0.6) is 0 Å². The molecule has 1 aliphatic rings. The van der Waals surface area contributed by atoms with Crippen molar-refractivity contribution in [1.29, 1.82) is 0 Å². The zero-order valence-corrected chi connectivity index (χ0v) is 7.39. The molecule has 0 bridgehead atoms. The SMILES string of the molecule is CC.C[C@]1(CO)CCC(=O)O1. The molecule has 3 nitrogen and oxygen atoms in total. The topological polar surface area (TPSA) is 46.5 Å². The van der Waals surface area contributed by atoms with Crippen LogP contribution in [0.4, 0.5) is 0 Å². The van der Waals surface area contributed by atoms with Gasteiger partial charge in [-0.3, -0.25) is 4.79 Å². The van der Waals surface area contributed by atoms with Gasteiger partial charge in [0.1, 0.15) is 5.60 Å². The normalized spacial score (nSPS) is 28.9. The average Bonchev–Trinajstić information content (AvgIpc) is 2.37. The molecule has 0 radical (unpaired) electrons. The van der Waals surface area contributed by atoms with Gasteiger partial charge in [0.25, 0.3) is 0 Å². The molecule has 1 aliphatic heterocycles. The molecule has 0 saturated carbocycles. The molecule has 0 aromatic heterocycles. The van der Waals surface area contributed by atoms with Gasteiger partial charge < -0.3 is 9.84 Å². The van der Waals surface area contributed by atoms with E-state index in [1.165, 1.54) is 0 Å². The Morgan fingerprint density at radius 2 is 2.18 bits per heavy atom. The highest BCUT2D eigenvalue weighted by atomic mass is 16.6. The number of hydrogen-bond acceptors (Lipinski definition) is 3. The Morgan fingerprint density at radius 3 is 2.36 bits per heavy atom. The molecule has 0 amide bonds. The fourth-order valence-electron chi connectivity index (χ4n) is 0.855. The predicted octanol–water partition coefficient (Wildman–Crippen LogP) is 1.10. The molecule has 11 heavy (non-hydrogen) atoms. The third kappa shape index (κ3) is 2.89. The Labute approximate surface area is 67.4 Å². The van der Waals surface area contributed by atoms with Crippen molar-refractivity contribution in [3.63, 3.8) is 0 Å². The van der Waals surface area contributed by atoms with Crippen molar-refractivity contribution in [2.75, 3.05) is 6.61 Å². The van der Waals surface area contributed by atoms with Gasteiger partial charge in [-0.2, -0.15) is 0 Å². The predicted molar refractivity (Wildman–Crippen MR) is 42.2 cm³/mol. The van der Waals surface area contributed by atoms with Gasteiger partial charge in [-0.15, -0.1) is 0 Å². The van der Waals surface area contributed by atoms with E-state index in [1.807, 2.05) is 13.8 Å². The molecule has 0 aliphatic carbocycles. The van der Waals surface area contributed by atoms with Crippen LogP contribution in [0.3, 0.4) is 0 Å². The quantitative estimate of drug-likeness (QED) is 0.584. The number of aliphatic hydroxyl groups is 1. The lowest BCUT2D eigenvalue weighted by Gasteiger charge is -2.18. The van der Waals surface area contributed by atoms with Gasteiger partial charge in [0.05, 0.1) is 6.61 Å². The van der Waals surface area contributed by atoms with Crippen LogP contribution in [0.25, 0.3) is 0 Å². The maximum Gasteiger partial charge on any atom is 0.306 e. The molecule has 1 fully saturated rings. The second-order valence-corrected chi connectivity index (χ2v) is 2.58. The van der Waals surface area contributed by atoms with Crippen LogP contribution in [-0.4, -0.2) is 23.3 Å². The smallest absolute Gasteiger partial charge is 0.306 e. The molecule has 0 aromatic carbocycles. The highest BCUT2D eigenvalue weighted by molar-refractivity contribution is 5.72. The Hall–Kier alpha value is -0.570. The van der Waals surface area contributed by atoms with Gasteiger partial charge in [-0.25, -0.2) is 0 Å². The van der Waals surface area contributed by atoms with Crippen molar-refractivity contribution in [2.24, 2.45) is 0 Å². The standard InChI is InChI=1S/C6H10O3.C2H6/c1-6(4-7)3-2-5(8)9-6;1-2/h7H,2-4H2,1H3;1-2H3/t6-;/m1./s1. The highest BCUT2D eigenvalue weighted by Crippen LogP contribution is 2.24. The number of ether oxygens (including phenoxy) is 1. The summed E-state index contributed by atoms with van der Waals surface area (Å²) in [6.07, 6.45) is 1.08. The first-order chi connectivity index (χ1) is 5.16. The lowest BCUT2D eigenvalue weighted by atomic mass is 10.1. The van der Waals surface area contributed by atoms with E-state index in [0.29, 0.717) is 12.8 Å². The van der Waals surface area contributed by atoms with Crippen molar-refractivity contribution in [2.45, 2.75) is 39.2 Å². The Morgan fingerprint density at radius 1 is 1.64 bits per heavy atom. The second kappa shape index (κ2) is 4.34. The molecule has 66 valence electrons. The maximum atomic E-state index is 10.5. The van der Waals surface area contributed by atoms with Gasteiger partial charge in [0.2, 0.25) is 0 Å². The summed E-state index contributed by atoms with van der Waals surface area (Å²) in [4.78, 5) is 10.5. The van der Waals surface area contributed by atoms with Crippen LogP contribution >= 0.6 is 0 Å². The van der Waals surface area contributed by atoms with E-state index in [2.05, 4.69) is 0 Å². The van der Waals surface area contributed by atoms with Crippen molar-refractivity contribution in [3.8, 4) is 0 Å². The molecule has 0 unspecified atom stereocenters. The number of carbonyl (C=O) groups is 1. The maximum absolute atomic E-state index is 10.5. The van der Waals surface area contributed by atoms with E-state index in [9.17, 15) is 4.79 Å². The molecule has 3 heteroatoms. The zero-order valence-electron chi connectivity index (χ0n) is 7.39. The molecular formula is C8H16O3. The molecule has 1 atom stereocenters. The van der Waals surface area contributed by atoms with Crippen molar-refractivity contribution in [3.05, 3.63) is 0 Å². The number of hydrogen-bond donors (Lipinski definition) is 1. The number of esters is 1. The van der Waals surface area contributed by atoms with Gasteiger partial charge in [0, 0.05) is 6.42 Å². The van der Waals surface area contributed by atoms with Crippen LogP contribution < -0.4 is 0 Å². The highest BCUT2D eigenvalue weighted by Gasteiger charge is 2.34. The summed E-state index contributed by atoms with van der Waals surface area (Å²) in [5.41, 5.74) is -0.586. The summed E-state index contributed by atoms with van der Waals surface area (Å²) in [6, 6.07) is 0. The van der Waals surface area contributed by atoms with E-state index in [1.54, 1.807) is 6.92 Å². The minimum absolute atomic E-state index is 0.0707. The second-order valence-electron chi connectivity index (χ2n) is 2.58. The number of cyclic esters (lactones) is 1. The van der Waals surface area contributed by atoms with Gasteiger partial charge in [0.15, 0.2) is 0 Å². The van der Waals surface area contributed by atoms with Crippen LogP contribution in [0.15, 0.2) is 0 Å². The lowest BCUT2D eigenvalue weighted by Crippen LogP contribution is -2.28. The summed E-state index contributed by atoms with van der Waals surface area (Å²) < 4.78 is 4.81. The van der Waals surface area contributed by atoms with E-state index < -0.39 is 5.60 Å². The third-order valence-electron chi connectivity index (χ3n) is 1.55. The molecule has 0 spiro atoms. The van der Waals surface area contributed by atoms with Crippen molar-refractivity contribution in [1.82, 2.24) is 0 Å². The Bertz CT molecular complexity index is 133. The molecule has 1 N–H and O–H groups in total. The minimum atomic E-state index is -0.586. The Kier molecular flexibility index (Phi) is 4.11. The fourth-order valence-corrected chi connectivity index (χ4v) is 0.855. The summed E-state index contributed by atoms with van der Waals surface area (Å²) >= 11 is 0. The zero-order chi connectivity index (χ0) is 8.91. The third-order valence-corrected chi connectivity index (χ3v) is 1.55. The lowest BCUT2D eigenvalue weighted by molar-refractivity contribution is -0.149. The van der Waals surface area contributed by atoms with Crippen LogP contribution in [0, 0.1) is 0 Å². The van der Waals surface area contributed by atoms with E-state index in [-0.39, 0.29) is 12.6 Å². The minimum Gasteiger partial charge on any atom is -0.457 e. The van der Waals surface area contributed by atoms with Crippen molar-refractivity contribution >= 4 is 5.97 Å². The fraction of sp³-hybridized carbons (Fsp3) is 0.875. The first-order valence-electron chi connectivity index (χ1n) is 3.99. The van der Waals surface area contributed by atoms with Crippen LogP contribution in [0.1, 0.15) is 33.6 Å². The summed E-state index contributed by atoms with van der Waals surface area (Å²) in [7, 11) is 0. The van der Waals surface area contributed by atoms with Gasteiger partial charge in [-0.05, 0) is 13.3 Å². The Balaban J connectivity index is 0.000000461. The molecule has 1 saturated heterocycles. The summed E-state index contributed by atoms with van der Waals surface area (Å²) in [5, 5.41) is 8.67. The van der Waals surface area contributed by atoms with E-state index in [0.717, 1.165) is 0 Å². The molecule has 1 rings (SSSR count). The number of rotatable bonds is 1. The van der Waals surface area contributed by atoms with Crippen molar-refractivity contribution < 1.29 is 14.6 Å². The molecule has 0 aromatic rings. The van der Waals surface area contributed by atoms with E-state index >= 15 is 0 Å². The first-order valence-corrected chi connectivity index (χ1v) is 3.99. The number of aliphatic hydroxyl groups excluding tert-OH is 1. The molecule has 1 heterocycles. The summed E-state index contributed by atoms with van der Waals surface area (Å²) in [5.74, 6) is -0.202. The average molecular weight is 160 g/mol. The van der Waals surface area contributed by atoms with Gasteiger partial charge in [-0.1, -0.05) is 13.8 Å². The molecular weight excluding hydrogens is 144 g/mol. The van der Waals surface area contributed by atoms with Crippen LogP contribution in [0.2, 0.25) is 0 Å². The monoisotopic (exact) mass is 160 g/mol. The van der Waals surface area contributed by atoms with Gasteiger partial charge >= 0.3 is 5.97 Å². The largest absolute Gasteiger partial charge is 0.457 e. The number of carbonyl (C=O) groups excluding carboxylic acids is 1. The summed E-state index contributed by atoms with van der Waals surface area (Å²) in [6.45, 7) is 5.66. The first kappa shape index (κ1) is 10.4. The van der Waals surface area contributed by atoms with Crippen LogP contribution in [-0.2, 0) is 9.53 Å².